The van der Waals surface area contributed by atoms with Crippen LogP contribution in [0.3, 0.4) is 0 Å². The Bertz CT molecular complexity index is 710. The smallest absolute Gasteiger partial charge is 0.222 e. The first kappa shape index (κ1) is 36.2. The van der Waals surface area contributed by atoms with Gasteiger partial charge in [-0.2, -0.15) is 0 Å². The lowest BCUT2D eigenvalue weighted by Gasteiger charge is -2.29. The fraction of sp³-hybridized carbons (Fsp3) is 0.889. The van der Waals surface area contributed by atoms with Gasteiger partial charge < -0.3 is 50.2 Å². The minimum Gasteiger partial charge on any atom is -0.394 e. The lowest BCUT2D eigenvalue weighted by atomic mass is 10.1. The van der Waals surface area contributed by atoms with E-state index in [1.54, 1.807) is 4.90 Å². The van der Waals surface area contributed by atoms with Crippen LogP contribution in [0.5, 0.6) is 0 Å². The molecule has 0 bridgehead atoms. The molecule has 0 aliphatic carbocycles. The largest absolute Gasteiger partial charge is 0.394 e. The second kappa shape index (κ2) is 21.8. The van der Waals surface area contributed by atoms with Crippen molar-refractivity contribution < 1.29 is 49.0 Å². The van der Waals surface area contributed by atoms with Gasteiger partial charge in [-0.15, -0.1) is 0 Å². The van der Waals surface area contributed by atoms with Gasteiger partial charge in [0.05, 0.1) is 38.6 Å². The zero-order valence-electron chi connectivity index (χ0n) is 24.1. The minimum atomic E-state index is -1.05. The second-order valence-electron chi connectivity index (χ2n) is 10.0. The molecule has 0 aromatic heterocycles. The molecule has 1 unspecified atom stereocenters. The van der Waals surface area contributed by atoms with Gasteiger partial charge in [0, 0.05) is 46.1 Å². The van der Waals surface area contributed by atoms with Gasteiger partial charge in [0.2, 0.25) is 17.7 Å². The van der Waals surface area contributed by atoms with E-state index in [9.17, 15) is 34.8 Å². The monoisotopic (exact) mass is 577 g/mol. The Hall–Kier alpha value is -1.87. The number of unbranched alkanes of at least 4 members (excludes halogenated alkanes) is 4. The molecule has 1 saturated heterocycles. The highest BCUT2D eigenvalue weighted by Crippen LogP contribution is 2.21. The first-order valence-electron chi connectivity index (χ1n) is 14.4. The van der Waals surface area contributed by atoms with E-state index < -0.39 is 38.3 Å². The summed E-state index contributed by atoms with van der Waals surface area (Å²) in [5.74, 6) is -0.381. The quantitative estimate of drug-likeness (QED) is 0.0678. The average Bonchev–Trinajstić information content (AvgIpc) is 3.36. The van der Waals surface area contributed by atoms with Crippen LogP contribution >= 0.6 is 0 Å². The van der Waals surface area contributed by atoms with Crippen LogP contribution in [0.1, 0.15) is 71.6 Å². The van der Waals surface area contributed by atoms with Gasteiger partial charge in [0.1, 0.15) is 12.1 Å². The Balaban J connectivity index is 2.17. The maximum atomic E-state index is 12.5. The van der Waals surface area contributed by atoms with Crippen LogP contribution in [-0.2, 0) is 28.6 Å². The molecule has 234 valence electrons. The Morgan fingerprint density at radius 2 is 1.65 bits per heavy atom. The van der Waals surface area contributed by atoms with Gasteiger partial charge in [-0.3, -0.25) is 14.4 Å². The Labute approximate surface area is 237 Å². The molecular formula is C27H51N3O10. The molecule has 1 aliphatic rings. The van der Waals surface area contributed by atoms with Crippen molar-refractivity contribution >= 4 is 17.7 Å². The number of likely N-dealkylation sites (tertiary alicyclic amines) is 1. The number of aliphatic hydroxyl groups is 4. The lowest BCUT2D eigenvalue weighted by Crippen LogP contribution is -2.49. The summed E-state index contributed by atoms with van der Waals surface area (Å²) in [4.78, 5) is 37.7. The first-order chi connectivity index (χ1) is 19.3. The van der Waals surface area contributed by atoms with Crippen molar-refractivity contribution in [3.05, 3.63) is 0 Å². The Morgan fingerprint density at radius 3 is 2.27 bits per heavy atom. The molecule has 0 aromatic rings. The van der Waals surface area contributed by atoms with Crippen molar-refractivity contribution in [2.45, 2.75) is 102 Å². The summed E-state index contributed by atoms with van der Waals surface area (Å²) >= 11 is 0. The molecule has 1 aliphatic heterocycles. The predicted molar refractivity (Wildman–Crippen MR) is 146 cm³/mol. The van der Waals surface area contributed by atoms with Crippen LogP contribution in [0.25, 0.3) is 0 Å². The number of aliphatic hydroxyl groups excluding tert-OH is 4. The normalized spacial score (nSPS) is 18.6. The molecule has 13 nitrogen and oxygen atoms in total. The molecule has 0 aromatic carbocycles. The predicted octanol–water partition coefficient (Wildman–Crippen LogP) is -0.569. The number of rotatable bonds is 23. The fourth-order valence-corrected chi connectivity index (χ4v) is 4.55. The van der Waals surface area contributed by atoms with Crippen LogP contribution in [0.4, 0.5) is 0 Å². The number of ether oxygens (including phenoxy) is 3. The summed E-state index contributed by atoms with van der Waals surface area (Å²) in [7, 11) is 0. The topological polar surface area (TPSA) is 187 Å². The molecule has 1 fully saturated rings. The lowest BCUT2D eigenvalue weighted by molar-refractivity contribution is -0.204. The number of hydrogen-bond donors (Lipinski definition) is 6. The maximum Gasteiger partial charge on any atom is 0.222 e. The van der Waals surface area contributed by atoms with E-state index in [1.807, 2.05) is 6.92 Å². The molecule has 0 spiro atoms. The van der Waals surface area contributed by atoms with Crippen molar-refractivity contribution in [1.29, 1.82) is 0 Å². The molecule has 13 heteroatoms. The summed E-state index contributed by atoms with van der Waals surface area (Å²) in [5.41, 5.74) is 0. The van der Waals surface area contributed by atoms with Crippen molar-refractivity contribution in [2.75, 3.05) is 52.7 Å². The maximum absolute atomic E-state index is 12.5. The second-order valence-corrected chi connectivity index (χ2v) is 10.0. The van der Waals surface area contributed by atoms with Crippen molar-refractivity contribution in [3.8, 4) is 0 Å². The van der Waals surface area contributed by atoms with Gasteiger partial charge in [-0.1, -0.05) is 12.8 Å². The van der Waals surface area contributed by atoms with Crippen LogP contribution in [0, 0.1) is 0 Å². The molecule has 6 N–H and O–H groups in total. The first-order valence-corrected chi connectivity index (χ1v) is 14.4. The SMILES string of the molecule is CCO[C@@H]1C[C@@H](CO)N(C(=O)CCCCCNC(=O)CCCCCO[C@H](OC(CO)CO)C(CO)NC(C)=O)C1. The average molecular weight is 578 g/mol. The minimum absolute atomic E-state index is 0.00932. The summed E-state index contributed by atoms with van der Waals surface area (Å²) in [6.45, 7) is 3.74. The van der Waals surface area contributed by atoms with Gasteiger partial charge in [-0.25, -0.2) is 0 Å². The van der Waals surface area contributed by atoms with Gasteiger partial charge in [0.25, 0.3) is 0 Å². The Morgan fingerprint density at radius 1 is 0.950 bits per heavy atom. The fourth-order valence-electron chi connectivity index (χ4n) is 4.55. The van der Waals surface area contributed by atoms with Crippen molar-refractivity contribution in [2.24, 2.45) is 0 Å². The van der Waals surface area contributed by atoms with Gasteiger partial charge in [0.15, 0.2) is 6.29 Å². The van der Waals surface area contributed by atoms with Crippen LogP contribution in [0.15, 0.2) is 0 Å². The van der Waals surface area contributed by atoms with E-state index in [0.717, 1.165) is 19.3 Å². The van der Waals surface area contributed by atoms with E-state index in [0.29, 0.717) is 58.2 Å². The summed E-state index contributed by atoms with van der Waals surface area (Å²) in [5, 5.41) is 43.1. The zero-order valence-corrected chi connectivity index (χ0v) is 24.1. The molecule has 0 radical (unpaired) electrons. The number of nitrogens with one attached hydrogen (secondary N) is 2. The third-order valence-electron chi connectivity index (χ3n) is 6.68. The van der Waals surface area contributed by atoms with Gasteiger partial charge in [-0.05, 0) is 39.0 Å². The van der Waals surface area contributed by atoms with E-state index in [4.69, 9.17) is 14.2 Å². The van der Waals surface area contributed by atoms with Crippen molar-refractivity contribution in [1.82, 2.24) is 15.5 Å². The highest BCUT2D eigenvalue weighted by Gasteiger charge is 2.34. The molecule has 3 amide bonds. The summed E-state index contributed by atoms with van der Waals surface area (Å²) < 4.78 is 16.7. The van der Waals surface area contributed by atoms with Crippen molar-refractivity contribution in [3.63, 3.8) is 0 Å². The molecule has 1 rings (SSSR count). The number of hydrogen-bond acceptors (Lipinski definition) is 10. The molecule has 40 heavy (non-hydrogen) atoms. The van der Waals surface area contributed by atoms with Crippen LogP contribution < -0.4 is 10.6 Å². The highest BCUT2D eigenvalue weighted by atomic mass is 16.7. The van der Waals surface area contributed by atoms with E-state index in [-0.39, 0.29) is 43.1 Å². The van der Waals surface area contributed by atoms with E-state index >= 15 is 0 Å². The number of carbonyl (C=O) groups is 3. The molecule has 1 heterocycles. The highest BCUT2D eigenvalue weighted by molar-refractivity contribution is 5.77. The summed E-state index contributed by atoms with van der Waals surface area (Å²) in [6.07, 6.45) is 3.81. The third kappa shape index (κ3) is 14.7. The van der Waals surface area contributed by atoms with Gasteiger partial charge >= 0.3 is 0 Å². The zero-order chi connectivity index (χ0) is 29.8. The molecule has 0 saturated carbocycles. The molecular weight excluding hydrogens is 526 g/mol. The number of nitrogens with zero attached hydrogens (tertiary/aromatic N) is 1. The standard InChI is InChI=1S/C27H51N3O10/c1-3-38-22-14-21(16-31)30(15-22)26(37)11-7-4-8-12-28-25(36)10-6-5-9-13-39-27(40-23(17-32)18-33)24(19-34)29-20(2)35/h21-24,27,31-34H,3-19H2,1-2H3,(H,28,36)(H,29,35)/t21-,22+,24?,27+/m0/s1. The van der Waals surface area contributed by atoms with E-state index in [2.05, 4.69) is 10.6 Å². The van der Waals surface area contributed by atoms with E-state index in [1.165, 1.54) is 6.92 Å². The Kier molecular flexibility index (Phi) is 19.7. The van der Waals surface area contributed by atoms with Crippen LogP contribution in [0.2, 0.25) is 0 Å². The summed E-state index contributed by atoms with van der Waals surface area (Å²) in [6, 6.07) is -1.02. The third-order valence-corrected chi connectivity index (χ3v) is 6.68. The number of carbonyl (C=O) groups excluding carboxylic acids is 3. The molecule has 4 atom stereocenters. The van der Waals surface area contributed by atoms with Crippen LogP contribution in [-0.4, -0.2) is 126 Å². The number of amides is 3.